The number of aryl methyl sites for hydroxylation is 1. The van der Waals surface area contributed by atoms with Crippen LogP contribution >= 0.6 is 34.9 Å². The Hall–Kier alpha value is -3.98. The quantitative estimate of drug-likeness (QED) is 0.0280. The Morgan fingerprint density at radius 2 is 2.07 bits per heavy atom. The summed E-state index contributed by atoms with van der Waals surface area (Å²) in [5.41, 5.74) is 6.26. The number of nitrogens with two attached hydrogens (primary N) is 2. The fourth-order valence-electron chi connectivity index (χ4n) is 4.60. The number of anilines is 1. The maximum atomic E-state index is 13.4. The summed E-state index contributed by atoms with van der Waals surface area (Å²) in [6, 6.07) is 2.44. The zero-order valence-electron chi connectivity index (χ0n) is 24.2. The third-order valence-electron chi connectivity index (χ3n) is 7.14. The van der Waals surface area contributed by atoms with E-state index in [-0.39, 0.29) is 41.2 Å². The normalized spacial score (nSPS) is 21.7. The minimum absolute atomic E-state index is 0.0720. The minimum Gasteiger partial charge on any atom is -0.481 e. The van der Waals surface area contributed by atoms with Crippen LogP contribution in [0.15, 0.2) is 27.7 Å². The molecule has 2 fully saturated rings. The van der Waals surface area contributed by atoms with E-state index in [2.05, 4.69) is 25.5 Å². The van der Waals surface area contributed by atoms with Crippen LogP contribution in [0.5, 0.6) is 0 Å². The number of carbonyl (C=O) groups is 4. The molecule has 2 aliphatic heterocycles. The highest BCUT2D eigenvalue weighted by Gasteiger charge is 2.57. The van der Waals surface area contributed by atoms with Gasteiger partial charge in [-0.15, -0.1) is 34.9 Å². The summed E-state index contributed by atoms with van der Waals surface area (Å²) in [5.74, 6) is 2.43. The first-order valence-electron chi connectivity index (χ1n) is 13.3. The molecule has 2 aliphatic rings. The lowest BCUT2D eigenvalue weighted by atomic mass is 9.89. The molecule has 2 saturated heterocycles. The number of nitrogen functional groups attached to an aromatic ring is 1. The molecule has 0 bridgehead atoms. The molecule has 45 heavy (non-hydrogen) atoms. The van der Waals surface area contributed by atoms with Crippen LogP contribution in [-0.4, -0.2) is 99.2 Å². The van der Waals surface area contributed by atoms with Gasteiger partial charge in [0.05, 0.1) is 18.0 Å². The maximum absolute atomic E-state index is 13.4. The monoisotopic (exact) mass is 678 g/mol. The number of carbonyl (C=O) groups excluding carboxylic acids is 3. The molecule has 2 unspecified atom stereocenters. The highest BCUT2D eigenvalue weighted by atomic mass is 32.2. The van der Waals surface area contributed by atoms with Crippen LogP contribution in [0.25, 0.3) is 5.65 Å². The van der Waals surface area contributed by atoms with Gasteiger partial charge in [-0.3, -0.25) is 24.6 Å². The van der Waals surface area contributed by atoms with E-state index < -0.39 is 46.1 Å². The highest BCUT2D eigenvalue weighted by Crippen LogP contribution is 2.44. The van der Waals surface area contributed by atoms with E-state index in [1.165, 1.54) is 47.7 Å². The van der Waals surface area contributed by atoms with Crippen LogP contribution in [-0.2, 0) is 30.6 Å². The van der Waals surface area contributed by atoms with Crippen molar-refractivity contribution < 1.29 is 34.2 Å². The molecule has 3 amide bonds. The number of hydrogen-bond acceptors (Lipinski definition) is 15. The zero-order valence-corrected chi connectivity index (χ0v) is 26.7. The van der Waals surface area contributed by atoms with E-state index >= 15 is 0 Å². The zero-order chi connectivity index (χ0) is 32.7. The van der Waals surface area contributed by atoms with E-state index in [1.54, 1.807) is 23.6 Å². The molecule has 0 spiro atoms. The molecule has 0 aliphatic carbocycles. The maximum Gasteiger partial charge on any atom is 0.313 e. The fraction of sp³-hybridized carbons (Fsp3) is 0.440. The van der Waals surface area contributed by atoms with Crippen molar-refractivity contribution in [3.05, 3.63) is 34.6 Å². The van der Waals surface area contributed by atoms with E-state index in [1.807, 2.05) is 5.43 Å². The lowest BCUT2D eigenvalue weighted by molar-refractivity contribution is -0.157. The largest absolute Gasteiger partial charge is 0.481 e. The van der Waals surface area contributed by atoms with Gasteiger partial charge in [0, 0.05) is 29.5 Å². The number of hydrazine groups is 1. The molecule has 0 radical (unpaired) electrons. The molecule has 20 heteroatoms. The van der Waals surface area contributed by atoms with E-state index in [0.717, 1.165) is 11.3 Å². The predicted molar refractivity (Wildman–Crippen MR) is 165 cm³/mol. The number of rotatable bonds is 11. The average Bonchev–Trinajstić information content (AvgIpc) is 3.61. The number of thioether (sulfide) groups is 2. The van der Waals surface area contributed by atoms with Crippen molar-refractivity contribution in [3.8, 4) is 0 Å². The molecule has 0 saturated carbocycles. The standard InChI is InChI=1S/C25H30N10O7S3/c1-11-4-14-28-12(6-36)5-15(35(14)32-11)44-9-25(22(40)41)8-34-19(38)17(20(34)45-10-25)30-18(37)16(13-7-43-23(26)29-13)33-42-24(2,3)21(39)31-27/h4-5,7,17,20,36H,6,8-10,27H2,1-3H3,(H2,26,29)(H,30,37)(H,31,39)(H,40,41)/t17?,20-,25?/m1/s1. The third kappa shape index (κ3) is 6.27. The third-order valence-corrected chi connectivity index (χ3v) is 10.7. The van der Waals surface area contributed by atoms with Crippen LogP contribution < -0.4 is 22.3 Å². The van der Waals surface area contributed by atoms with Crippen molar-refractivity contribution in [2.75, 3.05) is 23.8 Å². The predicted octanol–water partition coefficient (Wildman–Crippen LogP) is -0.679. The number of aromatic nitrogens is 4. The lowest BCUT2D eigenvalue weighted by Crippen LogP contribution is -2.74. The van der Waals surface area contributed by atoms with E-state index in [9.17, 15) is 29.4 Å². The minimum atomic E-state index is -1.54. The highest BCUT2D eigenvalue weighted by molar-refractivity contribution is 8.00. The Morgan fingerprint density at radius 3 is 2.71 bits per heavy atom. The first kappa shape index (κ1) is 32.4. The number of thiazole rings is 1. The summed E-state index contributed by atoms with van der Waals surface area (Å²) in [6.07, 6.45) is 0. The molecule has 3 aromatic heterocycles. The summed E-state index contributed by atoms with van der Waals surface area (Å²) in [7, 11) is 0. The van der Waals surface area contributed by atoms with Gasteiger partial charge in [0.25, 0.3) is 11.8 Å². The number of aliphatic hydroxyl groups is 1. The van der Waals surface area contributed by atoms with Crippen molar-refractivity contribution in [1.82, 2.24) is 35.2 Å². The van der Waals surface area contributed by atoms with Gasteiger partial charge in [-0.05, 0) is 26.8 Å². The first-order valence-corrected chi connectivity index (χ1v) is 16.2. The number of aliphatic carboxylic acids is 1. The van der Waals surface area contributed by atoms with Gasteiger partial charge in [-0.25, -0.2) is 20.3 Å². The summed E-state index contributed by atoms with van der Waals surface area (Å²) >= 11 is 3.54. The summed E-state index contributed by atoms with van der Waals surface area (Å²) in [4.78, 5) is 66.4. The van der Waals surface area contributed by atoms with Crippen LogP contribution in [0.1, 0.15) is 30.9 Å². The molecule has 240 valence electrons. The summed E-state index contributed by atoms with van der Waals surface area (Å²) in [6.45, 7) is 4.22. The van der Waals surface area contributed by atoms with Gasteiger partial charge in [0.15, 0.2) is 16.5 Å². The van der Waals surface area contributed by atoms with Crippen molar-refractivity contribution in [3.63, 3.8) is 0 Å². The van der Waals surface area contributed by atoms with Gasteiger partial charge < -0.3 is 31.0 Å². The summed E-state index contributed by atoms with van der Waals surface area (Å²) in [5, 5.41) is 32.6. The molecule has 3 aromatic rings. The van der Waals surface area contributed by atoms with Crippen molar-refractivity contribution in [1.29, 1.82) is 0 Å². The molecular formula is C25H30N10O7S3. The number of aliphatic hydroxyl groups excluding tert-OH is 1. The summed E-state index contributed by atoms with van der Waals surface area (Å²) < 4.78 is 1.59. The number of β-lactam (4-membered cyclic amide) rings is 1. The van der Waals surface area contributed by atoms with Crippen LogP contribution in [0.3, 0.4) is 0 Å². The Kier molecular flexibility index (Phi) is 8.95. The Bertz CT molecular complexity index is 1710. The molecule has 8 N–H and O–H groups in total. The fourth-order valence-corrected chi connectivity index (χ4v) is 8.03. The molecule has 17 nitrogen and oxygen atoms in total. The average molecular weight is 679 g/mol. The second-order valence-corrected chi connectivity index (χ2v) is 13.9. The molecule has 5 heterocycles. The number of hydrogen-bond donors (Lipinski definition) is 6. The Morgan fingerprint density at radius 1 is 1.31 bits per heavy atom. The van der Waals surface area contributed by atoms with E-state index in [0.29, 0.717) is 22.1 Å². The van der Waals surface area contributed by atoms with Gasteiger partial charge in [0.2, 0.25) is 11.5 Å². The topological polar surface area (TPSA) is 253 Å². The lowest BCUT2D eigenvalue weighted by Gasteiger charge is -2.53. The van der Waals surface area contributed by atoms with E-state index in [4.69, 9.17) is 16.4 Å². The number of amides is 3. The van der Waals surface area contributed by atoms with Crippen molar-refractivity contribution in [2.45, 2.75) is 49.4 Å². The second kappa shape index (κ2) is 12.4. The van der Waals surface area contributed by atoms with Gasteiger partial charge in [0.1, 0.15) is 27.6 Å². The van der Waals surface area contributed by atoms with Crippen molar-refractivity contribution in [2.24, 2.45) is 16.4 Å². The van der Waals surface area contributed by atoms with Crippen LogP contribution in [0.4, 0.5) is 5.13 Å². The van der Waals surface area contributed by atoms with Crippen molar-refractivity contribution >= 4 is 75.0 Å². The number of oxime groups is 1. The van der Waals surface area contributed by atoms with Gasteiger partial charge in [-0.1, -0.05) is 5.16 Å². The molecule has 3 atom stereocenters. The number of nitrogens with one attached hydrogen (secondary N) is 2. The van der Waals surface area contributed by atoms with Gasteiger partial charge >= 0.3 is 5.97 Å². The molecule has 5 rings (SSSR count). The second-order valence-electron chi connectivity index (χ2n) is 10.9. The first-order chi connectivity index (χ1) is 21.3. The van der Waals surface area contributed by atoms with Crippen LogP contribution in [0.2, 0.25) is 0 Å². The number of carboxylic acid groups (broad SMARTS) is 1. The Labute approximate surface area is 268 Å². The molecular weight excluding hydrogens is 649 g/mol. The Balaban J connectivity index is 1.30. The SMILES string of the molecule is Cc1cc2nc(CO)cc(SCC3(C(=O)O)CS[C@@H]4C(NC(=O)C(=NOC(C)(C)C(=O)NN)c5csc(N)n5)C(=O)N4C3)n2n1. The van der Waals surface area contributed by atoms with Crippen LogP contribution in [0, 0.1) is 12.3 Å². The van der Waals surface area contributed by atoms with Gasteiger partial charge in [-0.2, -0.15) is 5.10 Å². The smallest absolute Gasteiger partial charge is 0.313 e. The molecule has 0 aromatic carbocycles. The number of nitrogens with zero attached hydrogens (tertiary/aromatic N) is 6. The number of carboxylic acids is 1. The number of fused-ring (bicyclic) bond motifs is 2.